The number of benzene rings is 1. The molecule has 6 heteroatoms. The van der Waals surface area contributed by atoms with Crippen molar-refractivity contribution in [3.05, 3.63) is 65.2 Å². The molecule has 0 radical (unpaired) electrons. The maximum absolute atomic E-state index is 12.7. The van der Waals surface area contributed by atoms with E-state index in [0.717, 1.165) is 37.3 Å². The molecular formula is C24H27N3O3. The second-order valence-electron chi connectivity index (χ2n) is 8.25. The standard InChI is InChI=1S/C24H27N3O3/c28-24(25-16-21(22-8-5-13-29-22)27-11-3-4-12-27)20-15-23(30-26-20)19-10-9-17-6-1-2-7-18(17)14-19/h5,8-10,13-15,21H,1-4,6-7,11-12,16H2,(H,25,28)/t21-/m1/s1. The van der Waals surface area contributed by atoms with E-state index >= 15 is 0 Å². The first kappa shape index (κ1) is 19.1. The highest BCUT2D eigenvalue weighted by molar-refractivity contribution is 5.93. The smallest absolute Gasteiger partial charge is 0.273 e. The Hall–Kier alpha value is -2.86. The quantitative estimate of drug-likeness (QED) is 0.659. The molecule has 30 heavy (non-hydrogen) atoms. The molecule has 3 heterocycles. The number of aromatic nitrogens is 1. The Balaban J connectivity index is 1.27. The zero-order valence-corrected chi connectivity index (χ0v) is 17.1. The Labute approximate surface area is 176 Å². The number of nitrogens with zero attached hydrogens (tertiary/aromatic N) is 2. The molecule has 1 N–H and O–H groups in total. The number of aryl methyl sites for hydroxylation is 2. The van der Waals surface area contributed by atoms with Gasteiger partial charge in [0.05, 0.1) is 12.3 Å². The number of fused-ring (bicyclic) bond motifs is 1. The highest BCUT2D eigenvalue weighted by Gasteiger charge is 2.26. The molecule has 1 saturated heterocycles. The predicted molar refractivity (Wildman–Crippen MR) is 113 cm³/mol. The lowest BCUT2D eigenvalue weighted by Crippen LogP contribution is -2.36. The first-order chi connectivity index (χ1) is 14.8. The van der Waals surface area contributed by atoms with Crippen molar-refractivity contribution >= 4 is 5.91 Å². The minimum absolute atomic E-state index is 0.0402. The van der Waals surface area contributed by atoms with E-state index in [1.807, 2.05) is 12.1 Å². The van der Waals surface area contributed by atoms with E-state index in [4.69, 9.17) is 8.94 Å². The molecule has 0 saturated carbocycles. The SMILES string of the molecule is O=C(NC[C@H](c1ccco1)N1CCCC1)c1cc(-c2ccc3c(c2)CCCC3)on1. The minimum atomic E-state index is -0.223. The van der Waals surface area contributed by atoms with Gasteiger partial charge in [-0.15, -0.1) is 0 Å². The van der Waals surface area contributed by atoms with E-state index in [0.29, 0.717) is 18.0 Å². The first-order valence-corrected chi connectivity index (χ1v) is 10.9. The van der Waals surface area contributed by atoms with Crippen LogP contribution in [0.2, 0.25) is 0 Å². The molecule has 6 nitrogen and oxygen atoms in total. The zero-order chi connectivity index (χ0) is 20.3. The van der Waals surface area contributed by atoms with E-state index in [1.165, 1.54) is 36.8 Å². The second kappa shape index (κ2) is 8.48. The number of nitrogens with one attached hydrogen (secondary N) is 1. The molecule has 1 atom stereocenters. The van der Waals surface area contributed by atoms with Crippen molar-refractivity contribution in [2.45, 2.75) is 44.6 Å². The van der Waals surface area contributed by atoms with Gasteiger partial charge in [0, 0.05) is 18.2 Å². The van der Waals surface area contributed by atoms with Gasteiger partial charge in [0.15, 0.2) is 11.5 Å². The molecule has 156 valence electrons. The van der Waals surface area contributed by atoms with Crippen LogP contribution in [0.1, 0.15) is 59.1 Å². The molecule has 1 amide bonds. The van der Waals surface area contributed by atoms with Gasteiger partial charge in [0.25, 0.3) is 5.91 Å². The van der Waals surface area contributed by atoms with E-state index in [2.05, 4.69) is 33.6 Å². The third-order valence-electron chi connectivity index (χ3n) is 6.28. The van der Waals surface area contributed by atoms with Gasteiger partial charge in [0.1, 0.15) is 5.76 Å². The topological polar surface area (TPSA) is 71.5 Å². The average Bonchev–Trinajstić information content (AvgIpc) is 3.56. The average molecular weight is 405 g/mol. The zero-order valence-electron chi connectivity index (χ0n) is 17.1. The molecule has 1 aliphatic carbocycles. The molecule has 2 aliphatic rings. The lowest BCUT2D eigenvalue weighted by atomic mass is 9.90. The molecule has 3 aromatic rings. The molecule has 1 aliphatic heterocycles. The predicted octanol–water partition coefficient (Wildman–Crippen LogP) is 4.38. The third kappa shape index (κ3) is 3.92. The van der Waals surface area contributed by atoms with Crippen LogP contribution in [0.4, 0.5) is 0 Å². The van der Waals surface area contributed by atoms with Gasteiger partial charge in [-0.3, -0.25) is 9.69 Å². The number of rotatable bonds is 6. The van der Waals surface area contributed by atoms with Gasteiger partial charge < -0.3 is 14.3 Å². The van der Waals surface area contributed by atoms with Crippen molar-refractivity contribution in [2.24, 2.45) is 0 Å². The second-order valence-corrected chi connectivity index (χ2v) is 8.25. The summed E-state index contributed by atoms with van der Waals surface area (Å²) in [6.07, 6.45) is 8.78. The fourth-order valence-electron chi connectivity index (χ4n) is 4.63. The van der Waals surface area contributed by atoms with Crippen LogP contribution >= 0.6 is 0 Å². The molecule has 2 aromatic heterocycles. The Kier molecular flexibility index (Phi) is 5.41. The van der Waals surface area contributed by atoms with Crippen LogP contribution in [0, 0.1) is 0 Å². The van der Waals surface area contributed by atoms with Crippen molar-refractivity contribution in [1.82, 2.24) is 15.4 Å². The summed E-state index contributed by atoms with van der Waals surface area (Å²) in [6.45, 7) is 2.52. The summed E-state index contributed by atoms with van der Waals surface area (Å²) in [4.78, 5) is 15.1. The minimum Gasteiger partial charge on any atom is -0.468 e. The van der Waals surface area contributed by atoms with Gasteiger partial charge in [0.2, 0.25) is 0 Å². The van der Waals surface area contributed by atoms with Crippen molar-refractivity contribution in [2.75, 3.05) is 19.6 Å². The molecule has 1 aromatic carbocycles. The number of furan rings is 1. The Morgan fingerprint density at radius 3 is 2.70 bits per heavy atom. The largest absolute Gasteiger partial charge is 0.468 e. The number of carbonyl (C=O) groups is 1. The summed E-state index contributed by atoms with van der Waals surface area (Å²) >= 11 is 0. The summed E-state index contributed by atoms with van der Waals surface area (Å²) in [5.41, 5.74) is 4.09. The summed E-state index contributed by atoms with van der Waals surface area (Å²) in [6, 6.07) is 12.1. The third-order valence-corrected chi connectivity index (χ3v) is 6.28. The summed E-state index contributed by atoms with van der Waals surface area (Å²) < 4.78 is 11.1. The first-order valence-electron chi connectivity index (χ1n) is 10.9. The Morgan fingerprint density at radius 1 is 1.07 bits per heavy atom. The van der Waals surface area contributed by atoms with Gasteiger partial charge in [-0.05, 0) is 80.9 Å². The van der Waals surface area contributed by atoms with Crippen LogP contribution in [-0.2, 0) is 12.8 Å². The molecule has 0 unspecified atom stereocenters. The number of hydrogen-bond donors (Lipinski definition) is 1. The molecular weight excluding hydrogens is 378 g/mol. The summed E-state index contributed by atoms with van der Waals surface area (Å²) in [5, 5.41) is 7.03. The van der Waals surface area contributed by atoms with Crippen molar-refractivity contribution in [3.8, 4) is 11.3 Å². The van der Waals surface area contributed by atoms with Crippen LogP contribution < -0.4 is 5.32 Å². The van der Waals surface area contributed by atoms with Gasteiger partial charge in [-0.2, -0.15) is 0 Å². The molecule has 1 fully saturated rings. The number of likely N-dealkylation sites (tertiary alicyclic amines) is 1. The maximum atomic E-state index is 12.7. The van der Waals surface area contributed by atoms with Gasteiger partial charge in [-0.1, -0.05) is 17.3 Å². The monoisotopic (exact) mass is 405 g/mol. The van der Waals surface area contributed by atoms with Gasteiger partial charge in [-0.25, -0.2) is 0 Å². The fourth-order valence-corrected chi connectivity index (χ4v) is 4.63. The van der Waals surface area contributed by atoms with Crippen LogP contribution in [0.3, 0.4) is 0 Å². The van der Waals surface area contributed by atoms with E-state index < -0.39 is 0 Å². The van der Waals surface area contributed by atoms with Crippen molar-refractivity contribution < 1.29 is 13.7 Å². The maximum Gasteiger partial charge on any atom is 0.273 e. The van der Waals surface area contributed by atoms with Gasteiger partial charge >= 0.3 is 0 Å². The van der Waals surface area contributed by atoms with Crippen LogP contribution in [0.25, 0.3) is 11.3 Å². The highest BCUT2D eigenvalue weighted by atomic mass is 16.5. The lowest BCUT2D eigenvalue weighted by Gasteiger charge is -2.25. The fraction of sp³-hybridized carbons (Fsp3) is 0.417. The van der Waals surface area contributed by atoms with E-state index in [1.54, 1.807) is 12.3 Å². The highest BCUT2D eigenvalue weighted by Crippen LogP contribution is 2.28. The number of hydrogen-bond acceptors (Lipinski definition) is 5. The van der Waals surface area contributed by atoms with Crippen LogP contribution in [-0.4, -0.2) is 35.6 Å². The summed E-state index contributed by atoms with van der Waals surface area (Å²) in [5.74, 6) is 1.29. The van der Waals surface area contributed by atoms with Crippen molar-refractivity contribution in [3.63, 3.8) is 0 Å². The Bertz CT molecular complexity index is 1000. The lowest BCUT2D eigenvalue weighted by molar-refractivity contribution is 0.0925. The van der Waals surface area contributed by atoms with Crippen LogP contribution in [0.5, 0.6) is 0 Å². The molecule has 0 bridgehead atoms. The summed E-state index contributed by atoms with van der Waals surface area (Å²) in [7, 11) is 0. The number of carbonyl (C=O) groups excluding carboxylic acids is 1. The Morgan fingerprint density at radius 2 is 1.90 bits per heavy atom. The molecule has 5 rings (SSSR count). The van der Waals surface area contributed by atoms with E-state index in [-0.39, 0.29) is 11.9 Å². The number of amides is 1. The van der Waals surface area contributed by atoms with Crippen molar-refractivity contribution in [1.29, 1.82) is 0 Å². The molecule has 0 spiro atoms. The van der Waals surface area contributed by atoms with E-state index in [9.17, 15) is 4.79 Å². The normalized spacial score (nSPS) is 17.6. The van der Waals surface area contributed by atoms with Crippen LogP contribution in [0.15, 0.2) is 51.6 Å².